The van der Waals surface area contributed by atoms with Crippen LogP contribution in [0.2, 0.25) is 0 Å². The van der Waals surface area contributed by atoms with Crippen LogP contribution in [0.4, 0.5) is 4.79 Å². The van der Waals surface area contributed by atoms with Gasteiger partial charge in [0, 0.05) is 4.88 Å². The van der Waals surface area contributed by atoms with Gasteiger partial charge >= 0.3 is 17.8 Å². The average molecular weight is 433 g/mol. The van der Waals surface area contributed by atoms with Crippen LogP contribution >= 0.6 is 11.3 Å². The molecule has 1 fully saturated rings. The highest BCUT2D eigenvalue weighted by molar-refractivity contribution is 7.10. The van der Waals surface area contributed by atoms with Crippen LogP contribution in [0.25, 0.3) is 0 Å². The van der Waals surface area contributed by atoms with E-state index < -0.39 is 36.3 Å². The van der Waals surface area contributed by atoms with Gasteiger partial charge in [-0.05, 0) is 22.6 Å². The van der Waals surface area contributed by atoms with E-state index >= 15 is 0 Å². The molecule has 1 N–H and O–H groups in total. The monoisotopic (exact) mass is 433 g/mol. The molecule has 1 aliphatic heterocycles. The molecule has 7 nitrogen and oxygen atoms in total. The maximum absolute atomic E-state index is 12.8. The molecule has 1 atom stereocenters. The van der Waals surface area contributed by atoms with Crippen molar-refractivity contribution in [1.29, 1.82) is 0 Å². The van der Waals surface area contributed by atoms with Gasteiger partial charge in [0.25, 0.3) is 0 Å². The standard InChI is InChI=1S/C23H19N3O4S/c27-19(24-20(18-12-7-13-31-18)17-10-5-2-6-11-17)15-26-22(29)21(28)25(23(26)30)14-16-8-3-1-4-9-16/h1-13,20H,14-15H2,(H,24,27). The molecule has 1 aromatic heterocycles. The minimum absolute atomic E-state index is 0.0236. The molecule has 1 saturated heterocycles. The zero-order valence-electron chi connectivity index (χ0n) is 16.4. The van der Waals surface area contributed by atoms with Crippen LogP contribution in [0.3, 0.4) is 0 Å². The number of benzene rings is 2. The Labute approximate surface area is 182 Å². The molecule has 0 aliphatic carbocycles. The van der Waals surface area contributed by atoms with Crippen molar-refractivity contribution in [1.82, 2.24) is 15.1 Å². The average Bonchev–Trinajstić information content (AvgIpc) is 3.39. The Bertz CT molecular complexity index is 1100. The first kappa shape index (κ1) is 20.5. The van der Waals surface area contributed by atoms with Crippen molar-refractivity contribution >= 4 is 35.1 Å². The first-order chi connectivity index (χ1) is 15.0. The van der Waals surface area contributed by atoms with Gasteiger partial charge in [-0.15, -0.1) is 11.3 Å². The third-order valence-electron chi connectivity index (χ3n) is 4.89. The smallest absolute Gasteiger partial charge is 0.335 e. The molecule has 0 spiro atoms. The Morgan fingerprint density at radius 2 is 1.48 bits per heavy atom. The molecular formula is C23H19N3O4S. The summed E-state index contributed by atoms with van der Waals surface area (Å²) in [5, 5.41) is 4.79. The van der Waals surface area contributed by atoms with Gasteiger partial charge in [-0.1, -0.05) is 66.7 Å². The lowest BCUT2D eigenvalue weighted by Crippen LogP contribution is -2.42. The fraction of sp³-hybridized carbons (Fsp3) is 0.130. The van der Waals surface area contributed by atoms with Crippen molar-refractivity contribution < 1.29 is 19.2 Å². The number of nitrogens with zero attached hydrogens (tertiary/aromatic N) is 2. The number of urea groups is 1. The Kier molecular flexibility index (Phi) is 5.90. The summed E-state index contributed by atoms with van der Waals surface area (Å²) < 4.78 is 0. The van der Waals surface area contributed by atoms with Crippen LogP contribution in [0.15, 0.2) is 78.2 Å². The number of rotatable bonds is 7. The van der Waals surface area contributed by atoms with E-state index in [1.165, 1.54) is 11.3 Å². The molecule has 1 unspecified atom stereocenters. The normalized spacial score (nSPS) is 14.8. The number of carbonyl (C=O) groups excluding carboxylic acids is 4. The summed E-state index contributed by atoms with van der Waals surface area (Å²) in [6.45, 7) is -0.548. The second-order valence-electron chi connectivity index (χ2n) is 6.98. The highest BCUT2D eigenvalue weighted by atomic mass is 32.1. The summed E-state index contributed by atoms with van der Waals surface area (Å²) in [5.41, 5.74) is 1.59. The maximum Gasteiger partial charge on any atom is 0.335 e. The third kappa shape index (κ3) is 4.39. The Morgan fingerprint density at radius 1 is 0.839 bits per heavy atom. The van der Waals surface area contributed by atoms with E-state index in [2.05, 4.69) is 5.32 Å². The van der Waals surface area contributed by atoms with E-state index in [4.69, 9.17) is 0 Å². The zero-order valence-corrected chi connectivity index (χ0v) is 17.2. The second kappa shape index (κ2) is 8.93. The predicted molar refractivity (Wildman–Crippen MR) is 115 cm³/mol. The highest BCUT2D eigenvalue weighted by Crippen LogP contribution is 2.26. The van der Waals surface area contributed by atoms with Gasteiger partial charge in [-0.25, -0.2) is 9.69 Å². The number of hydrogen-bond donors (Lipinski definition) is 1. The molecule has 2 heterocycles. The topological polar surface area (TPSA) is 86.8 Å². The summed E-state index contributed by atoms with van der Waals surface area (Å²) in [6, 6.07) is 20.9. The highest BCUT2D eigenvalue weighted by Gasteiger charge is 2.45. The van der Waals surface area contributed by atoms with Crippen LogP contribution < -0.4 is 5.32 Å². The van der Waals surface area contributed by atoms with Gasteiger partial charge < -0.3 is 5.32 Å². The zero-order chi connectivity index (χ0) is 21.8. The molecule has 0 bridgehead atoms. The lowest BCUT2D eigenvalue weighted by atomic mass is 10.1. The molecule has 1 aliphatic rings. The Morgan fingerprint density at radius 3 is 2.13 bits per heavy atom. The van der Waals surface area contributed by atoms with Crippen molar-refractivity contribution in [3.8, 4) is 0 Å². The summed E-state index contributed by atoms with van der Waals surface area (Å²) >= 11 is 1.49. The molecular weight excluding hydrogens is 414 g/mol. The summed E-state index contributed by atoms with van der Waals surface area (Å²) in [7, 11) is 0. The van der Waals surface area contributed by atoms with Crippen LogP contribution in [-0.4, -0.2) is 40.1 Å². The molecule has 31 heavy (non-hydrogen) atoms. The number of carbonyl (C=O) groups is 4. The van der Waals surface area contributed by atoms with Crippen molar-refractivity contribution in [2.75, 3.05) is 6.54 Å². The molecule has 4 rings (SSSR count). The van der Waals surface area contributed by atoms with Crippen LogP contribution in [0.5, 0.6) is 0 Å². The molecule has 8 heteroatoms. The number of hydrogen-bond acceptors (Lipinski definition) is 5. The SMILES string of the molecule is O=C(CN1C(=O)C(=O)N(Cc2ccccc2)C1=O)NC(c1ccccc1)c1cccs1. The van der Waals surface area contributed by atoms with E-state index in [1.807, 2.05) is 53.9 Å². The molecule has 2 aromatic carbocycles. The van der Waals surface area contributed by atoms with Crippen molar-refractivity contribution in [2.24, 2.45) is 0 Å². The van der Waals surface area contributed by atoms with Gasteiger partial charge in [0.2, 0.25) is 5.91 Å². The lowest BCUT2D eigenvalue weighted by Gasteiger charge is -2.20. The molecule has 0 radical (unpaired) electrons. The van der Waals surface area contributed by atoms with E-state index in [0.717, 1.165) is 15.3 Å². The van der Waals surface area contributed by atoms with E-state index in [9.17, 15) is 19.2 Å². The fourth-order valence-electron chi connectivity index (χ4n) is 3.37. The van der Waals surface area contributed by atoms with Gasteiger partial charge in [0.05, 0.1) is 12.6 Å². The molecule has 5 amide bonds. The van der Waals surface area contributed by atoms with Crippen molar-refractivity contribution in [3.63, 3.8) is 0 Å². The van der Waals surface area contributed by atoms with Gasteiger partial charge in [-0.3, -0.25) is 19.3 Å². The number of nitrogens with one attached hydrogen (secondary N) is 1. The predicted octanol–water partition coefficient (Wildman–Crippen LogP) is 2.94. The van der Waals surface area contributed by atoms with Crippen molar-refractivity contribution in [3.05, 3.63) is 94.2 Å². The lowest BCUT2D eigenvalue weighted by molar-refractivity contribution is -0.144. The number of imide groups is 2. The number of thiophene rings is 1. The molecule has 156 valence electrons. The van der Waals surface area contributed by atoms with Crippen molar-refractivity contribution in [2.45, 2.75) is 12.6 Å². The largest absolute Gasteiger partial charge is 0.343 e. The molecule has 3 aromatic rings. The van der Waals surface area contributed by atoms with E-state index in [1.54, 1.807) is 24.3 Å². The molecule has 0 saturated carbocycles. The summed E-state index contributed by atoms with van der Waals surface area (Å²) in [4.78, 5) is 52.6. The van der Waals surface area contributed by atoms with Gasteiger partial charge in [-0.2, -0.15) is 0 Å². The minimum Gasteiger partial charge on any atom is -0.343 e. The van der Waals surface area contributed by atoms with E-state index in [0.29, 0.717) is 10.5 Å². The minimum atomic E-state index is -0.997. The third-order valence-corrected chi connectivity index (χ3v) is 5.82. The Balaban J connectivity index is 1.48. The fourth-order valence-corrected chi connectivity index (χ4v) is 4.17. The van der Waals surface area contributed by atoms with Crippen LogP contribution in [0, 0.1) is 0 Å². The van der Waals surface area contributed by atoms with Gasteiger partial charge in [0.1, 0.15) is 6.54 Å². The van der Waals surface area contributed by atoms with Gasteiger partial charge in [0.15, 0.2) is 0 Å². The maximum atomic E-state index is 12.8. The first-order valence-electron chi connectivity index (χ1n) is 9.63. The summed E-state index contributed by atoms with van der Waals surface area (Å²) in [6.07, 6.45) is 0. The van der Waals surface area contributed by atoms with Crippen LogP contribution in [-0.2, 0) is 20.9 Å². The van der Waals surface area contributed by atoms with Crippen LogP contribution in [0.1, 0.15) is 22.0 Å². The van der Waals surface area contributed by atoms with E-state index in [-0.39, 0.29) is 6.54 Å². The quantitative estimate of drug-likeness (QED) is 0.459. The second-order valence-corrected chi connectivity index (χ2v) is 7.96. The summed E-state index contributed by atoms with van der Waals surface area (Å²) in [5.74, 6) is -2.46. The number of amides is 5. The first-order valence-corrected chi connectivity index (χ1v) is 10.5. The Hall–Kier alpha value is -3.78.